The largest absolute Gasteiger partial charge is 0.493 e. The van der Waals surface area contributed by atoms with E-state index in [1.54, 1.807) is 36.1 Å². The molecule has 0 unspecified atom stereocenters. The first-order chi connectivity index (χ1) is 10.0. The van der Waals surface area contributed by atoms with Gasteiger partial charge in [0.2, 0.25) is 5.88 Å². The van der Waals surface area contributed by atoms with E-state index in [4.69, 9.17) is 0 Å². The minimum Gasteiger partial charge on any atom is -0.493 e. The summed E-state index contributed by atoms with van der Waals surface area (Å²) >= 11 is 0. The second kappa shape index (κ2) is 4.90. The topological polar surface area (TPSA) is 83.8 Å². The smallest absolute Gasteiger partial charge is 0.262 e. The van der Waals surface area contributed by atoms with Crippen LogP contribution in [-0.4, -0.2) is 24.9 Å². The summed E-state index contributed by atoms with van der Waals surface area (Å²) in [6, 6.07) is 9.02. The molecule has 3 rings (SSSR count). The monoisotopic (exact) mass is 282 g/mol. The molecule has 2 N–H and O–H groups in total. The number of aromatic amines is 1. The SMILES string of the molecule is Cc1ccc(-c2c(O)nc(-c3ccn(C)n3)[nH]c2=O)cc1. The molecule has 0 saturated carbocycles. The Labute approximate surface area is 120 Å². The zero-order valence-electron chi connectivity index (χ0n) is 11.7. The van der Waals surface area contributed by atoms with Crippen LogP contribution in [-0.2, 0) is 7.05 Å². The van der Waals surface area contributed by atoms with Crippen LogP contribution in [0.3, 0.4) is 0 Å². The van der Waals surface area contributed by atoms with Crippen LogP contribution in [0.25, 0.3) is 22.6 Å². The number of hydrogen-bond acceptors (Lipinski definition) is 4. The first kappa shape index (κ1) is 13.1. The predicted octanol–water partition coefficient (Wildman–Crippen LogP) is 1.85. The van der Waals surface area contributed by atoms with E-state index in [-0.39, 0.29) is 17.3 Å². The summed E-state index contributed by atoms with van der Waals surface area (Å²) in [7, 11) is 1.77. The lowest BCUT2D eigenvalue weighted by molar-refractivity contribution is 0.454. The first-order valence-corrected chi connectivity index (χ1v) is 6.45. The minimum atomic E-state index is -0.396. The third kappa shape index (κ3) is 2.43. The van der Waals surface area contributed by atoms with Gasteiger partial charge in [0.25, 0.3) is 5.56 Å². The van der Waals surface area contributed by atoms with Crippen molar-refractivity contribution in [2.24, 2.45) is 7.05 Å². The van der Waals surface area contributed by atoms with Crippen molar-refractivity contribution in [2.75, 3.05) is 0 Å². The molecule has 0 aliphatic carbocycles. The van der Waals surface area contributed by atoms with E-state index in [0.29, 0.717) is 11.3 Å². The van der Waals surface area contributed by atoms with Gasteiger partial charge in [-0.3, -0.25) is 9.48 Å². The number of aromatic nitrogens is 4. The second-order valence-corrected chi connectivity index (χ2v) is 4.85. The van der Waals surface area contributed by atoms with E-state index in [2.05, 4.69) is 15.1 Å². The molecule has 21 heavy (non-hydrogen) atoms. The number of aryl methyl sites for hydroxylation is 2. The maximum Gasteiger partial charge on any atom is 0.262 e. The van der Waals surface area contributed by atoms with Crippen LogP contribution in [0.15, 0.2) is 41.3 Å². The van der Waals surface area contributed by atoms with Gasteiger partial charge in [-0.05, 0) is 18.6 Å². The summed E-state index contributed by atoms with van der Waals surface area (Å²) in [6.45, 7) is 1.95. The lowest BCUT2D eigenvalue weighted by atomic mass is 10.1. The summed E-state index contributed by atoms with van der Waals surface area (Å²) in [5.41, 5.74) is 1.97. The summed E-state index contributed by atoms with van der Waals surface area (Å²) in [5.74, 6) is -0.0581. The molecule has 0 amide bonds. The number of hydrogen-bond donors (Lipinski definition) is 2. The number of nitrogens with one attached hydrogen (secondary N) is 1. The molecule has 0 aliphatic heterocycles. The average Bonchev–Trinajstić information content (AvgIpc) is 2.87. The highest BCUT2D eigenvalue weighted by Gasteiger charge is 2.14. The summed E-state index contributed by atoms with van der Waals surface area (Å²) in [4.78, 5) is 18.9. The molecule has 106 valence electrons. The number of aromatic hydroxyl groups is 1. The van der Waals surface area contributed by atoms with Gasteiger partial charge in [0, 0.05) is 13.2 Å². The van der Waals surface area contributed by atoms with Gasteiger partial charge in [0.15, 0.2) is 5.82 Å². The van der Waals surface area contributed by atoms with E-state index in [0.717, 1.165) is 5.56 Å². The maximum absolute atomic E-state index is 12.2. The number of benzene rings is 1. The highest BCUT2D eigenvalue weighted by atomic mass is 16.3. The van der Waals surface area contributed by atoms with Crippen LogP contribution in [0, 0.1) is 6.92 Å². The third-order valence-electron chi connectivity index (χ3n) is 3.20. The van der Waals surface area contributed by atoms with E-state index >= 15 is 0 Å². The molecule has 0 spiro atoms. The van der Waals surface area contributed by atoms with Crippen molar-refractivity contribution in [1.29, 1.82) is 0 Å². The van der Waals surface area contributed by atoms with Gasteiger partial charge >= 0.3 is 0 Å². The highest BCUT2D eigenvalue weighted by molar-refractivity contribution is 5.68. The van der Waals surface area contributed by atoms with Crippen molar-refractivity contribution < 1.29 is 5.11 Å². The van der Waals surface area contributed by atoms with E-state index in [1.807, 2.05) is 19.1 Å². The molecule has 6 nitrogen and oxygen atoms in total. The Morgan fingerprint density at radius 2 is 1.90 bits per heavy atom. The molecule has 0 radical (unpaired) electrons. The molecule has 0 aliphatic rings. The Balaban J connectivity index is 2.12. The molecule has 0 bridgehead atoms. The molecular formula is C15H14N4O2. The van der Waals surface area contributed by atoms with Crippen molar-refractivity contribution in [3.8, 4) is 28.5 Å². The fourth-order valence-corrected chi connectivity index (χ4v) is 2.10. The Morgan fingerprint density at radius 1 is 1.19 bits per heavy atom. The number of rotatable bonds is 2. The quantitative estimate of drug-likeness (QED) is 0.751. The Morgan fingerprint density at radius 3 is 2.48 bits per heavy atom. The third-order valence-corrected chi connectivity index (χ3v) is 3.20. The van der Waals surface area contributed by atoms with Gasteiger partial charge in [0.1, 0.15) is 11.3 Å². The highest BCUT2D eigenvalue weighted by Crippen LogP contribution is 2.25. The van der Waals surface area contributed by atoms with Crippen LogP contribution >= 0.6 is 0 Å². The van der Waals surface area contributed by atoms with Gasteiger partial charge in [-0.25, -0.2) is 0 Å². The normalized spacial score (nSPS) is 10.8. The molecule has 0 fully saturated rings. The molecule has 2 aromatic heterocycles. The standard InChI is InChI=1S/C15H14N4O2/c1-9-3-5-10(6-4-9)12-14(20)16-13(17-15(12)21)11-7-8-19(2)18-11/h3-8H,1-2H3,(H2,16,17,20,21). The van der Waals surface area contributed by atoms with E-state index in [9.17, 15) is 9.90 Å². The molecule has 2 heterocycles. The second-order valence-electron chi connectivity index (χ2n) is 4.85. The van der Waals surface area contributed by atoms with Crippen LogP contribution in [0.2, 0.25) is 0 Å². The Hall–Kier alpha value is -2.89. The lowest BCUT2D eigenvalue weighted by Gasteiger charge is -2.05. The van der Waals surface area contributed by atoms with Crippen molar-refractivity contribution in [3.63, 3.8) is 0 Å². The number of H-pyrrole nitrogens is 1. The summed E-state index contributed by atoms with van der Waals surface area (Å²) in [6.07, 6.45) is 1.74. The van der Waals surface area contributed by atoms with Crippen molar-refractivity contribution in [1.82, 2.24) is 19.7 Å². The fraction of sp³-hybridized carbons (Fsp3) is 0.133. The molecular weight excluding hydrogens is 268 g/mol. The van der Waals surface area contributed by atoms with Crippen LogP contribution in [0.1, 0.15) is 5.56 Å². The van der Waals surface area contributed by atoms with Crippen LogP contribution in [0.4, 0.5) is 0 Å². The zero-order valence-corrected chi connectivity index (χ0v) is 11.7. The minimum absolute atomic E-state index is 0.162. The first-order valence-electron chi connectivity index (χ1n) is 6.45. The molecule has 0 atom stereocenters. The van der Waals surface area contributed by atoms with Gasteiger partial charge in [-0.1, -0.05) is 29.8 Å². The van der Waals surface area contributed by atoms with Crippen LogP contribution < -0.4 is 5.56 Å². The fourth-order valence-electron chi connectivity index (χ4n) is 2.10. The van der Waals surface area contributed by atoms with Crippen molar-refractivity contribution in [2.45, 2.75) is 6.92 Å². The molecule has 3 aromatic rings. The molecule has 0 saturated heterocycles. The molecule has 1 aromatic carbocycles. The lowest BCUT2D eigenvalue weighted by Crippen LogP contribution is -2.12. The Bertz CT molecular complexity index is 847. The van der Waals surface area contributed by atoms with Crippen molar-refractivity contribution >= 4 is 0 Å². The molecule has 6 heteroatoms. The van der Waals surface area contributed by atoms with Gasteiger partial charge < -0.3 is 10.1 Å². The van der Waals surface area contributed by atoms with E-state index in [1.165, 1.54) is 0 Å². The van der Waals surface area contributed by atoms with Gasteiger partial charge in [-0.15, -0.1) is 0 Å². The van der Waals surface area contributed by atoms with Gasteiger partial charge in [0.05, 0.1) is 0 Å². The Kier molecular flexibility index (Phi) is 3.06. The summed E-state index contributed by atoms with van der Waals surface area (Å²) < 4.78 is 1.60. The van der Waals surface area contributed by atoms with Crippen LogP contribution in [0.5, 0.6) is 5.88 Å². The predicted molar refractivity (Wildman–Crippen MR) is 78.9 cm³/mol. The number of nitrogens with zero attached hydrogens (tertiary/aromatic N) is 3. The van der Waals surface area contributed by atoms with E-state index < -0.39 is 5.56 Å². The van der Waals surface area contributed by atoms with Crippen molar-refractivity contribution in [3.05, 3.63) is 52.4 Å². The summed E-state index contributed by atoms with van der Waals surface area (Å²) in [5, 5.41) is 14.2. The maximum atomic E-state index is 12.2. The average molecular weight is 282 g/mol. The zero-order chi connectivity index (χ0) is 15.0. The van der Waals surface area contributed by atoms with Gasteiger partial charge in [-0.2, -0.15) is 10.1 Å².